The summed E-state index contributed by atoms with van der Waals surface area (Å²) in [4.78, 5) is 27.5. The second-order valence-corrected chi connectivity index (χ2v) is 6.96. The fourth-order valence-electron chi connectivity index (χ4n) is 2.94. The molecule has 7 heteroatoms. The molecule has 2 aliphatic heterocycles. The summed E-state index contributed by atoms with van der Waals surface area (Å²) in [6, 6.07) is 7.47. The van der Waals surface area contributed by atoms with Crippen LogP contribution in [0.5, 0.6) is 5.75 Å². The quantitative estimate of drug-likeness (QED) is 0.547. The summed E-state index contributed by atoms with van der Waals surface area (Å²) in [5, 5.41) is 0.864. The third kappa shape index (κ3) is 4.54. The Morgan fingerprint density at radius 1 is 1.19 bits per heavy atom. The molecular formula is C20H23NO5S. The van der Waals surface area contributed by atoms with Gasteiger partial charge in [-0.2, -0.15) is 0 Å². The molecular weight excluding hydrogens is 366 g/mol. The van der Waals surface area contributed by atoms with Crippen molar-refractivity contribution in [3.63, 3.8) is 0 Å². The fourth-order valence-corrected chi connectivity index (χ4v) is 4.12. The Labute approximate surface area is 163 Å². The molecule has 0 spiro atoms. The van der Waals surface area contributed by atoms with Crippen molar-refractivity contribution in [2.24, 2.45) is 0 Å². The lowest BCUT2D eigenvalue weighted by Gasteiger charge is -2.29. The number of ketones is 1. The van der Waals surface area contributed by atoms with E-state index in [1.165, 1.54) is 17.8 Å². The number of Topliss-reactive ketones (excluding diaryl/α,β-unsaturated/α-hetero) is 1. The molecule has 0 amide bonds. The number of hydrogen-bond acceptors (Lipinski definition) is 7. The van der Waals surface area contributed by atoms with Crippen LogP contribution in [0.15, 0.2) is 40.3 Å². The van der Waals surface area contributed by atoms with Crippen LogP contribution in [0.3, 0.4) is 0 Å². The number of allylic oxidation sites excluding steroid dienone is 2. The lowest BCUT2D eigenvalue weighted by molar-refractivity contribution is -0.137. The molecule has 2 aliphatic rings. The molecule has 0 atom stereocenters. The summed E-state index contributed by atoms with van der Waals surface area (Å²) in [6.45, 7) is 7.18. The summed E-state index contributed by atoms with van der Waals surface area (Å²) in [6.07, 6.45) is 1.29. The highest BCUT2D eigenvalue weighted by atomic mass is 32.2. The van der Waals surface area contributed by atoms with Gasteiger partial charge in [0.2, 0.25) is 5.78 Å². The number of morpholine rings is 1. The van der Waals surface area contributed by atoms with E-state index in [1.807, 2.05) is 31.2 Å². The molecule has 0 bridgehead atoms. The van der Waals surface area contributed by atoms with E-state index in [-0.39, 0.29) is 12.4 Å². The highest BCUT2D eigenvalue weighted by Crippen LogP contribution is 2.45. The Hall–Kier alpha value is -2.25. The molecule has 0 unspecified atom stereocenters. The largest absolute Gasteiger partial charge is 0.494 e. The van der Waals surface area contributed by atoms with Gasteiger partial charge in [0.25, 0.3) is 0 Å². The SMILES string of the molecule is CCOC(=O)/C=C1\SC(N2CCOCC2)=C(c2ccc(OCC)cc2)C1=O. The number of esters is 1. The maximum absolute atomic E-state index is 13.1. The molecule has 1 saturated heterocycles. The standard InChI is InChI=1S/C20H23NO5S/c1-3-25-15-7-5-14(6-8-15)18-19(23)16(13-17(22)26-4-2)27-20(18)21-9-11-24-12-10-21/h5-8,13H,3-4,9-12H2,1-2H3/b16-13-. The number of thioether (sulfide) groups is 1. The molecule has 1 aromatic carbocycles. The monoisotopic (exact) mass is 389 g/mol. The maximum Gasteiger partial charge on any atom is 0.332 e. The van der Waals surface area contributed by atoms with Crippen LogP contribution < -0.4 is 4.74 Å². The lowest BCUT2D eigenvalue weighted by atomic mass is 10.0. The van der Waals surface area contributed by atoms with Crippen LogP contribution in [0.1, 0.15) is 19.4 Å². The van der Waals surface area contributed by atoms with E-state index in [0.29, 0.717) is 43.4 Å². The van der Waals surface area contributed by atoms with E-state index >= 15 is 0 Å². The second kappa shape index (κ2) is 9.10. The molecule has 0 N–H and O–H groups in total. The molecule has 0 aromatic heterocycles. The number of carbonyl (C=O) groups excluding carboxylic acids is 2. The van der Waals surface area contributed by atoms with Gasteiger partial charge in [-0.1, -0.05) is 23.9 Å². The first kappa shape index (κ1) is 19.5. The number of benzene rings is 1. The van der Waals surface area contributed by atoms with Crippen molar-refractivity contribution >= 4 is 29.1 Å². The van der Waals surface area contributed by atoms with Gasteiger partial charge in [-0.15, -0.1) is 0 Å². The van der Waals surface area contributed by atoms with Crippen LogP contribution in [0.25, 0.3) is 5.57 Å². The van der Waals surface area contributed by atoms with Gasteiger partial charge in [-0.3, -0.25) is 4.79 Å². The van der Waals surface area contributed by atoms with E-state index in [4.69, 9.17) is 14.2 Å². The van der Waals surface area contributed by atoms with Crippen molar-refractivity contribution in [3.8, 4) is 5.75 Å². The van der Waals surface area contributed by atoms with E-state index < -0.39 is 5.97 Å². The predicted octanol–water partition coefficient (Wildman–Crippen LogP) is 2.85. The average molecular weight is 389 g/mol. The highest BCUT2D eigenvalue weighted by molar-refractivity contribution is 8.08. The zero-order chi connectivity index (χ0) is 19.2. The summed E-state index contributed by atoms with van der Waals surface area (Å²) < 4.78 is 15.9. The number of nitrogens with zero attached hydrogens (tertiary/aromatic N) is 1. The summed E-state index contributed by atoms with van der Waals surface area (Å²) in [5.41, 5.74) is 1.42. The molecule has 144 valence electrons. The second-order valence-electron chi connectivity index (χ2n) is 5.93. The lowest BCUT2D eigenvalue weighted by Crippen LogP contribution is -2.34. The van der Waals surface area contributed by atoms with Crippen LogP contribution in [-0.2, 0) is 19.1 Å². The Balaban J connectivity index is 1.95. The van der Waals surface area contributed by atoms with Crippen molar-refractivity contribution in [2.45, 2.75) is 13.8 Å². The third-order valence-corrected chi connectivity index (χ3v) is 5.34. The van der Waals surface area contributed by atoms with Gasteiger partial charge in [0.1, 0.15) is 5.75 Å². The van der Waals surface area contributed by atoms with Crippen LogP contribution in [0.4, 0.5) is 0 Å². The average Bonchev–Trinajstić information content (AvgIpc) is 3.00. The van der Waals surface area contributed by atoms with Gasteiger partial charge in [0.15, 0.2) is 0 Å². The molecule has 1 aromatic rings. The van der Waals surface area contributed by atoms with E-state index in [1.54, 1.807) is 6.92 Å². The molecule has 0 aliphatic carbocycles. The van der Waals surface area contributed by atoms with Gasteiger partial charge in [0, 0.05) is 19.2 Å². The van der Waals surface area contributed by atoms with Crippen molar-refractivity contribution in [2.75, 3.05) is 39.5 Å². The van der Waals surface area contributed by atoms with Gasteiger partial charge in [-0.25, -0.2) is 4.79 Å². The number of hydrogen-bond donors (Lipinski definition) is 0. The molecule has 1 fully saturated rings. The topological polar surface area (TPSA) is 65.1 Å². The summed E-state index contributed by atoms with van der Waals surface area (Å²) in [5.74, 6) is 0.108. The molecule has 0 radical (unpaired) electrons. The fraction of sp³-hybridized carbons (Fsp3) is 0.400. The zero-order valence-corrected chi connectivity index (χ0v) is 16.3. The Kier molecular flexibility index (Phi) is 6.58. The first-order chi connectivity index (χ1) is 13.1. The van der Waals surface area contributed by atoms with E-state index in [9.17, 15) is 9.59 Å². The Morgan fingerprint density at radius 3 is 2.52 bits per heavy atom. The first-order valence-electron chi connectivity index (χ1n) is 9.05. The minimum atomic E-state index is -0.498. The van der Waals surface area contributed by atoms with Crippen molar-refractivity contribution < 1.29 is 23.8 Å². The predicted molar refractivity (Wildman–Crippen MR) is 104 cm³/mol. The third-order valence-electron chi connectivity index (χ3n) is 4.16. The number of rotatable bonds is 6. The Morgan fingerprint density at radius 2 is 1.89 bits per heavy atom. The molecule has 27 heavy (non-hydrogen) atoms. The molecule has 3 rings (SSSR count). The van der Waals surface area contributed by atoms with Crippen molar-refractivity contribution in [1.29, 1.82) is 0 Å². The van der Waals surface area contributed by atoms with Crippen molar-refractivity contribution in [3.05, 3.63) is 45.8 Å². The Bertz CT molecular complexity index is 763. The van der Waals surface area contributed by atoms with Gasteiger partial charge >= 0.3 is 5.97 Å². The van der Waals surface area contributed by atoms with Gasteiger partial charge in [0.05, 0.1) is 41.9 Å². The van der Waals surface area contributed by atoms with Gasteiger partial charge in [-0.05, 0) is 31.5 Å². The maximum atomic E-state index is 13.1. The van der Waals surface area contributed by atoms with E-state index in [2.05, 4.69) is 4.90 Å². The van der Waals surface area contributed by atoms with Crippen LogP contribution in [-0.4, -0.2) is 56.2 Å². The smallest absolute Gasteiger partial charge is 0.332 e. The van der Waals surface area contributed by atoms with Gasteiger partial charge < -0.3 is 19.1 Å². The first-order valence-corrected chi connectivity index (χ1v) is 9.86. The normalized spacial score (nSPS) is 19.0. The number of carbonyl (C=O) groups is 2. The summed E-state index contributed by atoms with van der Waals surface area (Å²) >= 11 is 1.33. The van der Waals surface area contributed by atoms with E-state index in [0.717, 1.165) is 16.3 Å². The molecule has 6 nitrogen and oxygen atoms in total. The molecule has 2 heterocycles. The van der Waals surface area contributed by atoms with Crippen molar-refractivity contribution in [1.82, 2.24) is 4.90 Å². The molecule has 0 saturated carbocycles. The zero-order valence-electron chi connectivity index (χ0n) is 15.5. The van der Waals surface area contributed by atoms with Crippen LogP contribution in [0.2, 0.25) is 0 Å². The summed E-state index contributed by atoms with van der Waals surface area (Å²) in [7, 11) is 0. The van der Waals surface area contributed by atoms with Crippen LogP contribution in [0, 0.1) is 0 Å². The highest BCUT2D eigenvalue weighted by Gasteiger charge is 2.34. The number of ether oxygens (including phenoxy) is 3. The minimum Gasteiger partial charge on any atom is -0.494 e. The van der Waals surface area contributed by atoms with Crippen LogP contribution >= 0.6 is 11.8 Å². The minimum absolute atomic E-state index is 0.154.